The van der Waals surface area contributed by atoms with E-state index in [2.05, 4.69) is 38.1 Å². The lowest BCUT2D eigenvalue weighted by Crippen LogP contribution is -1.97. The molecule has 0 radical (unpaired) electrons. The van der Waals surface area contributed by atoms with Crippen LogP contribution in [0.2, 0.25) is 0 Å². The van der Waals surface area contributed by atoms with Crippen molar-refractivity contribution in [2.75, 3.05) is 0 Å². The van der Waals surface area contributed by atoms with Crippen molar-refractivity contribution >= 4 is 22.5 Å². The van der Waals surface area contributed by atoms with Gasteiger partial charge in [-0.05, 0) is 54.8 Å². The number of para-hydroxylation sites is 1. The molecule has 2 nitrogen and oxygen atoms in total. The minimum Gasteiger partial charge on any atom is -0.465 e. The minimum atomic E-state index is 0.512. The van der Waals surface area contributed by atoms with Crippen LogP contribution in [0.1, 0.15) is 32.3 Å². The van der Waals surface area contributed by atoms with Gasteiger partial charge < -0.3 is 4.74 Å². The number of thioether (sulfide) groups is 1. The molecule has 0 bridgehead atoms. The summed E-state index contributed by atoms with van der Waals surface area (Å²) in [7, 11) is 0. The number of rotatable bonds is 6. The first-order chi connectivity index (χ1) is 13.6. The Morgan fingerprint density at radius 1 is 0.857 bits per heavy atom. The fourth-order valence-corrected chi connectivity index (χ4v) is 3.43. The molecule has 0 saturated heterocycles. The number of aliphatic imine (C=N–C) groups is 1. The Morgan fingerprint density at radius 3 is 2.07 bits per heavy atom. The molecule has 28 heavy (non-hydrogen) atoms. The molecular formula is C25H25NOS. The Kier molecular flexibility index (Phi) is 7.10. The van der Waals surface area contributed by atoms with Gasteiger partial charge in [0.05, 0.1) is 11.9 Å². The summed E-state index contributed by atoms with van der Waals surface area (Å²) >= 11 is 1.63. The second kappa shape index (κ2) is 9.95. The highest BCUT2D eigenvalue weighted by molar-refractivity contribution is 8.14. The van der Waals surface area contributed by atoms with Gasteiger partial charge in [0.15, 0.2) is 0 Å². The molecule has 0 aliphatic carbocycles. The summed E-state index contributed by atoms with van der Waals surface area (Å²) in [6.07, 6.45) is 1.78. The lowest BCUT2D eigenvalue weighted by molar-refractivity contribution is 0.478. The van der Waals surface area contributed by atoms with Gasteiger partial charge in [0.25, 0.3) is 0 Å². The number of hydrogen-bond acceptors (Lipinski definition) is 3. The van der Waals surface area contributed by atoms with Gasteiger partial charge in [0, 0.05) is 10.5 Å². The van der Waals surface area contributed by atoms with Gasteiger partial charge >= 0.3 is 0 Å². The highest BCUT2D eigenvalue weighted by Gasteiger charge is 2.07. The zero-order valence-electron chi connectivity index (χ0n) is 16.5. The molecule has 0 aliphatic heterocycles. The van der Waals surface area contributed by atoms with Gasteiger partial charge in [-0.2, -0.15) is 0 Å². The SMILES string of the molecule is CC(=COc1ccc(C(C)C)cc1)/C(=N\c1ccccc1)Sc1ccccc1. The topological polar surface area (TPSA) is 21.6 Å². The van der Waals surface area contributed by atoms with E-state index in [1.165, 1.54) is 5.56 Å². The van der Waals surface area contributed by atoms with Crippen LogP contribution in [0.15, 0.2) is 107 Å². The van der Waals surface area contributed by atoms with Crippen LogP contribution in [-0.2, 0) is 0 Å². The second-order valence-corrected chi connectivity index (χ2v) is 7.87. The standard InChI is InChI=1S/C25H25NOS/c1-19(2)21-14-16-23(17-15-21)27-18-20(3)25(26-22-10-6-4-7-11-22)28-24-12-8-5-9-13-24/h4-19H,1-3H3/b20-18?,26-25+. The third-order valence-electron chi connectivity index (χ3n) is 4.20. The van der Waals surface area contributed by atoms with Crippen LogP contribution >= 0.6 is 11.8 Å². The minimum absolute atomic E-state index is 0.512. The third-order valence-corrected chi connectivity index (χ3v) is 5.31. The molecule has 3 heteroatoms. The fourth-order valence-electron chi connectivity index (χ4n) is 2.55. The maximum absolute atomic E-state index is 5.90. The van der Waals surface area contributed by atoms with Gasteiger partial charge in [0.1, 0.15) is 10.8 Å². The van der Waals surface area contributed by atoms with E-state index in [9.17, 15) is 0 Å². The van der Waals surface area contributed by atoms with Crippen molar-refractivity contribution in [2.45, 2.75) is 31.6 Å². The molecule has 0 atom stereocenters. The smallest absolute Gasteiger partial charge is 0.126 e. The van der Waals surface area contributed by atoms with Crippen molar-refractivity contribution < 1.29 is 4.74 Å². The van der Waals surface area contributed by atoms with E-state index in [1.54, 1.807) is 18.0 Å². The molecule has 3 aromatic carbocycles. The normalized spacial score (nSPS) is 12.3. The molecule has 3 rings (SSSR count). The largest absolute Gasteiger partial charge is 0.465 e. The Balaban J connectivity index is 1.82. The van der Waals surface area contributed by atoms with Crippen molar-refractivity contribution in [3.05, 3.63) is 102 Å². The van der Waals surface area contributed by atoms with E-state index >= 15 is 0 Å². The van der Waals surface area contributed by atoms with Crippen molar-refractivity contribution in [3.8, 4) is 5.75 Å². The van der Waals surface area contributed by atoms with Crippen LogP contribution in [0.4, 0.5) is 5.69 Å². The molecule has 0 saturated carbocycles. The van der Waals surface area contributed by atoms with E-state index in [-0.39, 0.29) is 0 Å². The number of nitrogens with zero attached hydrogens (tertiary/aromatic N) is 1. The van der Waals surface area contributed by atoms with Crippen LogP contribution in [0, 0.1) is 0 Å². The maximum atomic E-state index is 5.90. The molecule has 0 amide bonds. The number of ether oxygens (including phenoxy) is 1. The van der Waals surface area contributed by atoms with Crippen molar-refractivity contribution in [2.24, 2.45) is 4.99 Å². The van der Waals surface area contributed by atoms with Gasteiger partial charge in [-0.15, -0.1) is 0 Å². The van der Waals surface area contributed by atoms with Crippen LogP contribution in [-0.4, -0.2) is 5.04 Å². The van der Waals surface area contributed by atoms with Gasteiger partial charge in [0.2, 0.25) is 0 Å². The zero-order valence-corrected chi connectivity index (χ0v) is 17.3. The van der Waals surface area contributed by atoms with E-state index in [0.29, 0.717) is 5.92 Å². The average Bonchev–Trinajstić information content (AvgIpc) is 2.73. The summed E-state index contributed by atoms with van der Waals surface area (Å²) in [5, 5.41) is 0.913. The lowest BCUT2D eigenvalue weighted by Gasteiger charge is -2.09. The predicted molar refractivity (Wildman–Crippen MR) is 121 cm³/mol. The zero-order chi connectivity index (χ0) is 19.8. The van der Waals surface area contributed by atoms with Crippen molar-refractivity contribution in [3.63, 3.8) is 0 Å². The molecule has 0 aromatic heterocycles. The molecule has 0 N–H and O–H groups in total. The van der Waals surface area contributed by atoms with Crippen molar-refractivity contribution in [1.29, 1.82) is 0 Å². The monoisotopic (exact) mass is 387 g/mol. The highest BCUT2D eigenvalue weighted by atomic mass is 32.2. The predicted octanol–water partition coefficient (Wildman–Crippen LogP) is 7.62. The molecule has 0 heterocycles. The van der Waals surface area contributed by atoms with E-state index < -0.39 is 0 Å². The Hall–Kier alpha value is -2.78. The highest BCUT2D eigenvalue weighted by Crippen LogP contribution is 2.27. The first-order valence-electron chi connectivity index (χ1n) is 9.42. The van der Waals surface area contributed by atoms with Gasteiger partial charge in [-0.3, -0.25) is 0 Å². The molecule has 3 aromatic rings. The summed E-state index contributed by atoms with van der Waals surface area (Å²) < 4.78 is 5.90. The quantitative estimate of drug-likeness (QED) is 0.188. The van der Waals surface area contributed by atoms with E-state index in [0.717, 1.165) is 26.9 Å². The Labute approximate surface area is 172 Å². The van der Waals surface area contributed by atoms with E-state index in [4.69, 9.17) is 9.73 Å². The first-order valence-corrected chi connectivity index (χ1v) is 10.2. The Morgan fingerprint density at radius 2 is 1.46 bits per heavy atom. The molecule has 142 valence electrons. The van der Waals surface area contributed by atoms with Gasteiger partial charge in [-0.25, -0.2) is 4.99 Å². The van der Waals surface area contributed by atoms with Crippen molar-refractivity contribution in [1.82, 2.24) is 0 Å². The summed E-state index contributed by atoms with van der Waals surface area (Å²) in [6, 6.07) is 28.5. The van der Waals surface area contributed by atoms with Gasteiger partial charge in [-0.1, -0.05) is 74.1 Å². The fraction of sp³-hybridized carbons (Fsp3) is 0.160. The van der Waals surface area contributed by atoms with Crippen LogP contribution in [0.25, 0.3) is 0 Å². The summed E-state index contributed by atoms with van der Waals surface area (Å²) in [5.41, 5.74) is 3.21. The molecule has 0 spiro atoms. The molecule has 0 aliphatic rings. The third kappa shape index (κ3) is 5.86. The average molecular weight is 388 g/mol. The summed E-state index contributed by atoms with van der Waals surface area (Å²) in [4.78, 5) is 5.98. The van der Waals surface area contributed by atoms with Crippen LogP contribution in [0.5, 0.6) is 5.75 Å². The number of hydrogen-bond donors (Lipinski definition) is 0. The first kappa shape index (κ1) is 20.0. The van der Waals surface area contributed by atoms with Crippen LogP contribution in [0.3, 0.4) is 0 Å². The maximum Gasteiger partial charge on any atom is 0.126 e. The van der Waals surface area contributed by atoms with Crippen LogP contribution < -0.4 is 4.74 Å². The number of benzene rings is 3. The molecule has 0 fully saturated rings. The van der Waals surface area contributed by atoms with E-state index in [1.807, 2.05) is 67.6 Å². The molecular weight excluding hydrogens is 362 g/mol. The summed E-state index contributed by atoms with van der Waals surface area (Å²) in [6.45, 7) is 6.40. The molecule has 0 unspecified atom stereocenters. The Bertz CT molecular complexity index is 929. The lowest BCUT2D eigenvalue weighted by atomic mass is 10.0. The summed E-state index contributed by atoms with van der Waals surface area (Å²) in [5.74, 6) is 1.34. The second-order valence-electron chi connectivity index (χ2n) is 6.81.